The van der Waals surface area contributed by atoms with Crippen LogP contribution in [-0.2, 0) is 176 Å². The first-order chi connectivity index (χ1) is 68.0. The Morgan fingerprint density at radius 2 is 0.366 bits per heavy atom. The van der Waals surface area contributed by atoms with Gasteiger partial charge in [-0.3, -0.25) is 57.5 Å². The molecule has 0 bridgehead atoms. The molecule has 6 rings (SSSR count). The van der Waals surface area contributed by atoms with Gasteiger partial charge in [-0.05, 0) is 146 Å². The number of benzene rings is 6. The monoisotopic (exact) mass is 2000 g/mol. The van der Waals surface area contributed by atoms with Crippen molar-refractivity contribution >= 4 is 180 Å². The van der Waals surface area contributed by atoms with Crippen LogP contribution < -0.4 is 29.4 Å². The minimum absolute atomic E-state index is 0.0264. The van der Waals surface area contributed by atoms with Crippen LogP contribution in [0.1, 0.15) is 62.1 Å². The maximum absolute atomic E-state index is 13.3. The zero-order valence-electron chi connectivity index (χ0n) is 74.1. The van der Waals surface area contributed by atoms with E-state index >= 15 is 0 Å². The van der Waals surface area contributed by atoms with Crippen LogP contribution in [0.5, 0.6) is 0 Å². The fraction of sp³-hybridized carbons (Fsp3) is 0.310. The quantitative estimate of drug-likeness (QED) is 0.00922. The molecule has 0 radical (unpaired) electrons. The summed E-state index contributed by atoms with van der Waals surface area (Å²) in [7, 11) is 0. The number of esters is 12. The smallest absolute Gasteiger partial charge is 0.344 e. The molecule has 6 N–H and O–H groups in total. The molecule has 0 aliphatic carbocycles. The highest BCUT2D eigenvalue weighted by Crippen LogP contribution is 2.26. The highest BCUT2D eigenvalue weighted by atomic mass is 16.6. The fourth-order valence-corrected chi connectivity index (χ4v) is 11.0. The SMILES string of the molecule is O=COCN(COC=O)c1ccc(C(=O)OCC(=O)OCC(COC(=O)COC(=O)c2ccc(N(COC=O)COC=O)cc2)(COC(=O)COC(=O)c2ccc(N(CC(=O)O)CC(=O)O)cc2)COC(=O)COC(=O)c2ccc(N(CC(=O)O)CC(=O)O)cc2)cc1.O=COCN(COC=O)c1ccc(C(=O)OCC(=O)OCCOCCOC(=O)COC(=O)c2ccc(N(CC(=O)O)CC(=O)O)cc2)cc1. The second-order valence-corrected chi connectivity index (χ2v) is 27.8. The van der Waals surface area contributed by atoms with Gasteiger partial charge < -0.3 is 150 Å². The largest absolute Gasteiger partial charge is 0.480 e. The number of carboxylic acid groups (broad SMARTS) is 6. The summed E-state index contributed by atoms with van der Waals surface area (Å²) in [5, 5.41) is 54.8. The number of hydrogen-bond donors (Lipinski definition) is 6. The van der Waals surface area contributed by atoms with Gasteiger partial charge in [-0.15, -0.1) is 0 Å². The minimum Gasteiger partial charge on any atom is -0.480 e. The van der Waals surface area contributed by atoms with E-state index in [9.17, 15) is 135 Å². The van der Waals surface area contributed by atoms with Crippen LogP contribution in [0.3, 0.4) is 0 Å². The molecule has 0 saturated carbocycles. The second kappa shape index (κ2) is 62.1. The molecule has 0 aliphatic rings. The van der Waals surface area contributed by atoms with Crippen molar-refractivity contribution < 1.29 is 236 Å². The Hall–Kier alpha value is -18.6. The van der Waals surface area contributed by atoms with Crippen molar-refractivity contribution in [1.29, 1.82) is 0 Å². The van der Waals surface area contributed by atoms with Gasteiger partial charge in [0.2, 0.25) is 0 Å². The van der Waals surface area contributed by atoms with Gasteiger partial charge in [0.1, 0.15) is 84.3 Å². The van der Waals surface area contributed by atoms with Crippen molar-refractivity contribution in [2.24, 2.45) is 5.41 Å². The zero-order chi connectivity index (χ0) is 104. The van der Waals surface area contributed by atoms with Crippen LogP contribution in [0.25, 0.3) is 0 Å². The molecular formula is C87H88N6O49. The third-order valence-electron chi connectivity index (χ3n) is 17.6. The maximum atomic E-state index is 13.3. The van der Waals surface area contributed by atoms with E-state index in [2.05, 4.69) is 9.47 Å². The number of anilines is 6. The summed E-state index contributed by atoms with van der Waals surface area (Å²) in [4.78, 5) is 292. The van der Waals surface area contributed by atoms with Crippen molar-refractivity contribution in [1.82, 2.24) is 0 Å². The Morgan fingerprint density at radius 1 is 0.211 bits per heavy atom. The molecule has 142 heavy (non-hydrogen) atoms. The number of rotatable bonds is 68. The van der Waals surface area contributed by atoms with Crippen molar-refractivity contribution in [3.63, 3.8) is 0 Å². The van der Waals surface area contributed by atoms with Crippen molar-refractivity contribution in [3.05, 3.63) is 179 Å². The summed E-state index contributed by atoms with van der Waals surface area (Å²) in [5.74, 6) is -21.4. The van der Waals surface area contributed by atoms with Crippen molar-refractivity contribution in [2.45, 2.75) is 0 Å². The van der Waals surface area contributed by atoms with Gasteiger partial charge in [0.05, 0.1) is 46.6 Å². The van der Waals surface area contributed by atoms with Crippen molar-refractivity contribution in [3.8, 4) is 0 Å². The number of nitrogens with zero attached hydrogens (tertiary/aromatic N) is 6. The standard InChI is InChI=1S/C57H56N4O32.C30H32N2O17/c62-33-82-29-60(30-83-34-63)43-13-5-39(6-14-43)55(80)88-23-51(76)92-27-57(25-90-49(74)21-86-53(78)37-1-9-41(10-2-37)58(17-45(66)67)18-46(68)69,26-91-50(75)22-87-54(79)38-3-11-42(12-4-38)59(19-47(70)71)20-48(72)73)28-93-52(77)24-89-56(81)40-7-15-44(16-8-40)61(31-84-35-64)32-85-36-65;33-19-44-17-32(18-45-20-34)24-7-3-22(4-8-24)30(42)49-16-28(40)47-12-10-43-9-11-46-27(39)15-48-29(41)21-1-5-23(6-2-21)31(13-25(35)36)14-26(37)38/h1-16,33-36H,17-32H2,(H,66,67)(H,68,69)(H,70,71)(H,72,73);1-8,19-20H,9-18H2,(H,35,36)(H,37,38). The Bertz CT molecular complexity index is 5010. The normalized spacial score (nSPS) is 10.3. The van der Waals surface area contributed by atoms with Crippen LogP contribution in [0.15, 0.2) is 146 Å². The fourth-order valence-electron chi connectivity index (χ4n) is 11.0. The third kappa shape index (κ3) is 43.4. The average Bonchev–Trinajstić information content (AvgIpc) is 0.943. The number of carboxylic acids is 6. The van der Waals surface area contributed by atoms with Gasteiger partial charge in [0.25, 0.3) is 38.8 Å². The summed E-state index contributed by atoms with van der Waals surface area (Å²) < 4.78 is 94.5. The Balaban J connectivity index is 0.000000608. The van der Waals surface area contributed by atoms with E-state index in [1.807, 2.05) is 0 Å². The van der Waals surface area contributed by atoms with Crippen molar-refractivity contribution in [2.75, 3.05) is 202 Å². The molecule has 6 aromatic rings. The van der Waals surface area contributed by atoms with Gasteiger partial charge in [-0.1, -0.05) is 0 Å². The van der Waals surface area contributed by atoms with Gasteiger partial charge in [0.15, 0.2) is 80.0 Å². The zero-order valence-corrected chi connectivity index (χ0v) is 74.1. The Kier molecular flexibility index (Phi) is 49.8. The van der Waals surface area contributed by atoms with E-state index in [1.165, 1.54) is 136 Å². The van der Waals surface area contributed by atoms with E-state index in [4.69, 9.17) is 90.7 Å². The van der Waals surface area contributed by atoms with Gasteiger partial charge in [0, 0.05) is 34.1 Å². The maximum Gasteiger partial charge on any atom is 0.344 e. The topological polar surface area (TPSA) is 726 Å². The molecule has 0 atom stereocenters. The lowest BCUT2D eigenvalue weighted by molar-refractivity contribution is -0.175. The first-order valence-electron chi connectivity index (χ1n) is 40.3. The van der Waals surface area contributed by atoms with E-state index in [1.54, 1.807) is 0 Å². The third-order valence-corrected chi connectivity index (χ3v) is 17.6. The second-order valence-electron chi connectivity index (χ2n) is 27.8. The van der Waals surface area contributed by atoms with Gasteiger partial charge >= 0.3 is 107 Å². The lowest BCUT2D eigenvalue weighted by Gasteiger charge is -2.31. The number of carbonyl (C=O) groups excluding carboxylic acids is 18. The summed E-state index contributed by atoms with van der Waals surface area (Å²) in [5.41, 5.74) is -1.48. The first-order valence-corrected chi connectivity index (χ1v) is 40.3. The van der Waals surface area contributed by atoms with Crippen LogP contribution in [0.2, 0.25) is 0 Å². The molecule has 55 heteroatoms. The minimum atomic E-state index is -2.26. The number of hydrogen-bond acceptors (Lipinski definition) is 49. The molecule has 760 valence electrons. The average molecular weight is 2000 g/mol. The van der Waals surface area contributed by atoms with Gasteiger partial charge in [-0.25, -0.2) is 57.5 Å². The molecular weight excluding hydrogens is 1910 g/mol. The van der Waals surface area contributed by atoms with Crippen LogP contribution in [0.4, 0.5) is 34.1 Å². The number of aliphatic carboxylic acids is 6. The lowest BCUT2D eigenvalue weighted by atomic mass is 9.92. The Labute approximate surface area is 799 Å². The number of ether oxygens (including phenoxy) is 19. The molecule has 0 aromatic heterocycles. The summed E-state index contributed by atoms with van der Waals surface area (Å²) >= 11 is 0. The molecule has 0 fully saturated rings. The highest BCUT2D eigenvalue weighted by molar-refractivity contribution is 5.96. The molecule has 0 saturated heterocycles. The van der Waals surface area contributed by atoms with Crippen LogP contribution in [-0.4, -0.2) is 349 Å². The van der Waals surface area contributed by atoms with Crippen LogP contribution >= 0.6 is 0 Å². The van der Waals surface area contributed by atoms with E-state index in [0.717, 1.165) is 39.0 Å². The first kappa shape index (κ1) is 114. The predicted octanol–water partition coefficient (Wildman–Crippen LogP) is -0.494. The number of carbonyl (C=O) groups is 24. The van der Waals surface area contributed by atoms with Crippen LogP contribution in [0, 0.1) is 5.41 Å². The molecule has 6 aromatic carbocycles. The van der Waals surface area contributed by atoms with E-state index < -0.39 is 218 Å². The summed E-state index contributed by atoms with van der Waals surface area (Å²) in [6.45, 7) is -16.0. The molecule has 0 heterocycles. The molecule has 0 unspecified atom stereocenters. The molecule has 0 spiro atoms. The summed E-state index contributed by atoms with van der Waals surface area (Å²) in [6.07, 6.45) is 0. The molecule has 0 amide bonds. The predicted molar refractivity (Wildman–Crippen MR) is 461 cm³/mol. The van der Waals surface area contributed by atoms with E-state index in [0.29, 0.717) is 5.69 Å². The highest BCUT2D eigenvalue weighted by Gasteiger charge is 2.39. The van der Waals surface area contributed by atoms with Gasteiger partial charge in [-0.2, -0.15) is 0 Å². The molecule has 0 aliphatic heterocycles. The molecule has 55 nitrogen and oxygen atoms in total. The van der Waals surface area contributed by atoms with E-state index in [-0.39, 0.29) is 167 Å². The Morgan fingerprint density at radius 3 is 0.521 bits per heavy atom. The summed E-state index contributed by atoms with van der Waals surface area (Å²) in [6, 6.07) is 30.4. The lowest BCUT2D eigenvalue weighted by Crippen LogP contribution is -2.45.